The topological polar surface area (TPSA) is 97.6 Å². The average molecular weight is 362 g/mol. The predicted octanol–water partition coefficient (Wildman–Crippen LogP) is 2.57. The molecule has 0 spiro atoms. The second kappa shape index (κ2) is 6.60. The van der Waals surface area contributed by atoms with Crippen molar-refractivity contribution in [3.05, 3.63) is 54.6 Å². The number of hydrogen-bond donors (Lipinski definition) is 2. The predicted molar refractivity (Wildman–Crippen MR) is 104 cm³/mol. The number of nitrogens with two attached hydrogens (primary N) is 1. The fourth-order valence-corrected chi connectivity index (χ4v) is 3.12. The number of pyridine rings is 1. The molecule has 2 heterocycles. The molecule has 7 heteroatoms. The van der Waals surface area contributed by atoms with Gasteiger partial charge in [0.25, 0.3) is 5.91 Å². The normalized spacial score (nSPS) is 16.0. The first-order chi connectivity index (χ1) is 13.0. The molecule has 3 aromatic rings. The van der Waals surface area contributed by atoms with Crippen LogP contribution >= 0.6 is 0 Å². The number of nitrogen functional groups attached to an aromatic ring is 1. The Hall–Kier alpha value is -3.61. The van der Waals surface area contributed by atoms with Gasteiger partial charge in [-0.3, -0.25) is 14.5 Å². The Morgan fingerprint density at radius 1 is 1.19 bits per heavy atom. The Balaban J connectivity index is 1.61. The molecule has 1 aliphatic rings. The largest absolute Gasteiger partial charge is 0.477 e. The summed E-state index contributed by atoms with van der Waals surface area (Å²) in [4.78, 5) is 30.7. The minimum Gasteiger partial charge on any atom is -0.477 e. The number of amides is 2. The van der Waals surface area contributed by atoms with Gasteiger partial charge in [0.1, 0.15) is 12.4 Å². The number of carbonyl (C=O) groups is 2. The van der Waals surface area contributed by atoms with Crippen molar-refractivity contribution in [2.45, 2.75) is 13.0 Å². The van der Waals surface area contributed by atoms with Crippen LogP contribution in [0.25, 0.3) is 10.8 Å². The van der Waals surface area contributed by atoms with E-state index in [0.717, 1.165) is 10.8 Å². The molecule has 1 atom stereocenters. The summed E-state index contributed by atoms with van der Waals surface area (Å²) in [6, 6.07) is 16.7. The second-order valence-electron chi connectivity index (χ2n) is 6.32. The third kappa shape index (κ3) is 3.15. The van der Waals surface area contributed by atoms with E-state index >= 15 is 0 Å². The summed E-state index contributed by atoms with van der Waals surface area (Å²) in [5, 5.41) is 4.83. The molecule has 2 aromatic carbocycles. The lowest BCUT2D eigenvalue weighted by Gasteiger charge is -2.31. The van der Waals surface area contributed by atoms with Crippen LogP contribution in [-0.4, -0.2) is 29.4 Å². The molecule has 0 radical (unpaired) electrons. The van der Waals surface area contributed by atoms with E-state index in [4.69, 9.17) is 10.5 Å². The molecule has 0 bridgehead atoms. The summed E-state index contributed by atoms with van der Waals surface area (Å²) < 4.78 is 5.55. The number of benzene rings is 2. The third-order valence-electron chi connectivity index (χ3n) is 4.40. The first-order valence-electron chi connectivity index (χ1n) is 8.55. The zero-order valence-corrected chi connectivity index (χ0v) is 14.7. The van der Waals surface area contributed by atoms with Gasteiger partial charge < -0.3 is 15.8 Å². The molecule has 7 nitrogen and oxygen atoms in total. The molecule has 1 aromatic heterocycles. The SMILES string of the molecule is CC1Oc2ccc(N)nc2N(CC(=O)Nc2cccc3ccccc23)C1=O. The number of nitrogens with zero attached hydrogens (tertiary/aromatic N) is 2. The quantitative estimate of drug-likeness (QED) is 0.746. The fraction of sp³-hybridized carbons (Fsp3) is 0.150. The van der Waals surface area contributed by atoms with Crippen LogP contribution in [0.4, 0.5) is 17.3 Å². The average Bonchev–Trinajstić information content (AvgIpc) is 2.66. The molecule has 136 valence electrons. The van der Waals surface area contributed by atoms with Gasteiger partial charge in [-0.05, 0) is 30.5 Å². The van der Waals surface area contributed by atoms with E-state index in [1.807, 2.05) is 42.5 Å². The highest BCUT2D eigenvalue weighted by Gasteiger charge is 2.34. The smallest absolute Gasteiger partial charge is 0.269 e. The summed E-state index contributed by atoms with van der Waals surface area (Å²) in [6.45, 7) is 1.45. The number of fused-ring (bicyclic) bond motifs is 2. The Kier molecular flexibility index (Phi) is 4.12. The van der Waals surface area contributed by atoms with Gasteiger partial charge in [-0.2, -0.15) is 0 Å². The Morgan fingerprint density at radius 3 is 2.81 bits per heavy atom. The number of hydrogen-bond acceptors (Lipinski definition) is 5. The van der Waals surface area contributed by atoms with E-state index in [0.29, 0.717) is 11.4 Å². The highest BCUT2D eigenvalue weighted by molar-refractivity contribution is 6.08. The lowest BCUT2D eigenvalue weighted by molar-refractivity contribution is -0.127. The molecule has 3 N–H and O–H groups in total. The lowest BCUT2D eigenvalue weighted by Crippen LogP contribution is -2.48. The number of aromatic nitrogens is 1. The number of anilines is 3. The first-order valence-corrected chi connectivity index (χ1v) is 8.55. The molecule has 0 saturated carbocycles. The minimum atomic E-state index is -0.701. The van der Waals surface area contributed by atoms with Gasteiger partial charge in [-0.15, -0.1) is 0 Å². The van der Waals surface area contributed by atoms with E-state index in [1.165, 1.54) is 4.90 Å². The molecule has 27 heavy (non-hydrogen) atoms. The van der Waals surface area contributed by atoms with Crippen molar-refractivity contribution >= 4 is 39.9 Å². The van der Waals surface area contributed by atoms with Gasteiger partial charge in [0.15, 0.2) is 17.7 Å². The number of nitrogens with one attached hydrogen (secondary N) is 1. The maximum absolute atomic E-state index is 12.7. The van der Waals surface area contributed by atoms with Gasteiger partial charge in [0.05, 0.1) is 0 Å². The van der Waals surface area contributed by atoms with Crippen LogP contribution in [0.15, 0.2) is 54.6 Å². The summed E-state index contributed by atoms with van der Waals surface area (Å²) in [6.07, 6.45) is -0.701. The van der Waals surface area contributed by atoms with Crippen LogP contribution in [0.3, 0.4) is 0 Å². The second-order valence-corrected chi connectivity index (χ2v) is 6.32. The number of rotatable bonds is 3. The van der Waals surface area contributed by atoms with Crippen LogP contribution < -0.4 is 20.7 Å². The van der Waals surface area contributed by atoms with Crippen LogP contribution in [0.5, 0.6) is 5.75 Å². The molecule has 4 rings (SSSR count). The van der Waals surface area contributed by atoms with Crippen molar-refractivity contribution in [1.29, 1.82) is 0 Å². The molecular formula is C20H18N4O3. The summed E-state index contributed by atoms with van der Waals surface area (Å²) in [7, 11) is 0. The van der Waals surface area contributed by atoms with Crippen molar-refractivity contribution in [3.63, 3.8) is 0 Å². The summed E-state index contributed by atoms with van der Waals surface area (Å²) in [5.41, 5.74) is 6.42. The zero-order chi connectivity index (χ0) is 19.0. The van der Waals surface area contributed by atoms with E-state index < -0.39 is 6.10 Å². The van der Waals surface area contributed by atoms with Crippen molar-refractivity contribution < 1.29 is 14.3 Å². The summed E-state index contributed by atoms with van der Waals surface area (Å²) in [5.74, 6) is 0.261. The number of carbonyl (C=O) groups excluding carboxylic acids is 2. The zero-order valence-electron chi connectivity index (χ0n) is 14.7. The minimum absolute atomic E-state index is 0.181. The van der Waals surface area contributed by atoms with Gasteiger partial charge in [-0.25, -0.2) is 4.98 Å². The van der Waals surface area contributed by atoms with Gasteiger partial charge in [0, 0.05) is 11.1 Å². The Labute approximate surface area is 155 Å². The fourth-order valence-electron chi connectivity index (χ4n) is 3.12. The number of ether oxygens (including phenoxy) is 1. The van der Waals surface area contributed by atoms with Gasteiger partial charge in [0.2, 0.25) is 5.91 Å². The standard InChI is InChI=1S/C20H18N4O3/c1-12-20(26)24(19-16(27-12)9-10-17(21)23-19)11-18(25)22-15-8-4-6-13-5-2-3-7-14(13)15/h2-10,12H,11H2,1H3,(H2,21,23)(H,22,25). The highest BCUT2D eigenvalue weighted by atomic mass is 16.5. The van der Waals surface area contributed by atoms with Crippen LogP contribution in [0.2, 0.25) is 0 Å². The Morgan fingerprint density at radius 2 is 1.96 bits per heavy atom. The van der Waals surface area contributed by atoms with Crippen LogP contribution in [0, 0.1) is 0 Å². The molecule has 1 aliphatic heterocycles. The van der Waals surface area contributed by atoms with Crippen molar-refractivity contribution in [2.24, 2.45) is 0 Å². The maximum Gasteiger partial charge on any atom is 0.269 e. The summed E-state index contributed by atoms with van der Waals surface area (Å²) >= 11 is 0. The third-order valence-corrected chi connectivity index (χ3v) is 4.40. The molecule has 1 unspecified atom stereocenters. The molecule has 2 amide bonds. The molecule has 0 saturated heterocycles. The molecule has 0 fully saturated rings. The first kappa shape index (κ1) is 16.8. The van der Waals surface area contributed by atoms with Crippen LogP contribution in [0.1, 0.15) is 6.92 Å². The molecule has 0 aliphatic carbocycles. The van der Waals surface area contributed by atoms with Gasteiger partial charge >= 0.3 is 0 Å². The van der Waals surface area contributed by atoms with E-state index in [-0.39, 0.29) is 30.0 Å². The lowest BCUT2D eigenvalue weighted by atomic mass is 10.1. The van der Waals surface area contributed by atoms with E-state index in [9.17, 15) is 9.59 Å². The Bertz CT molecular complexity index is 1050. The van der Waals surface area contributed by atoms with E-state index in [1.54, 1.807) is 19.1 Å². The van der Waals surface area contributed by atoms with Gasteiger partial charge in [-0.1, -0.05) is 36.4 Å². The maximum atomic E-state index is 12.7. The van der Waals surface area contributed by atoms with Crippen molar-refractivity contribution in [2.75, 3.05) is 22.5 Å². The van der Waals surface area contributed by atoms with Crippen molar-refractivity contribution in [1.82, 2.24) is 4.98 Å². The monoisotopic (exact) mass is 362 g/mol. The highest BCUT2D eigenvalue weighted by Crippen LogP contribution is 2.33. The van der Waals surface area contributed by atoms with E-state index in [2.05, 4.69) is 10.3 Å². The molecular weight excluding hydrogens is 344 g/mol. The van der Waals surface area contributed by atoms with Crippen LogP contribution in [-0.2, 0) is 9.59 Å². The van der Waals surface area contributed by atoms with Crippen molar-refractivity contribution in [3.8, 4) is 5.75 Å².